The van der Waals surface area contributed by atoms with Crippen LogP contribution in [0, 0.1) is 0 Å². The quantitative estimate of drug-likeness (QED) is 0.537. The zero-order chi connectivity index (χ0) is 19.3. The lowest BCUT2D eigenvalue weighted by molar-refractivity contribution is -0.00409. The molecule has 0 atom stereocenters. The number of fused-ring (bicyclic) bond motifs is 1. The number of carbonyl (C=O) groups is 1. The molecular weight excluding hydrogens is 360 g/mol. The third-order valence-electron chi connectivity index (χ3n) is 5.00. The van der Waals surface area contributed by atoms with Crippen molar-refractivity contribution in [3.05, 3.63) is 30.5 Å². The van der Waals surface area contributed by atoms with Crippen LogP contribution < -0.4 is 5.32 Å². The van der Waals surface area contributed by atoms with E-state index < -0.39 is 0 Å². The van der Waals surface area contributed by atoms with Crippen LogP contribution in [0.4, 0.5) is 0 Å². The van der Waals surface area contributed by atoms with E-state index in [1.54, 1.807) is 25.8 Å². The van der Waals surface area contributed by atoms with Crippen molar-refractivity contribution in [2.45, 2.75) is 37.8 Å². The Balaban J connectivity index is 1.44. The fraction of sp³-hybridized carbons (Fsp3) is 0.474. The molecule has 148 valence electrons. The summed E-state index contributed by atoms with van der Waals surface area (Å²) in [5, 5.41) is 3.12. The molecular formula is C19H24N6O3. The van der Waals surface area contributed by atoms with Crippen molar-refractivity contribution >= 4 is 16.9 Å². The van der Waals surface area contributed by atoms with Gasteiger partial charge in [-0.25, -0.2) is 15.0 Å². The number of ether oxygens (including phenoxy) is 2. The van der Waals surface area contributed by atoms with Crippen molar-refractivity contribution in [2.24, 2.45) is 0 Å². The van der Waals surface area contributed by atoms with Gasteiger partial charge in [0.15, 0.2) is 11.5 Å². The number of rotatable bonds is 7. The summed E-state index contributed by atoms with van der Waals surface area (Å²) >= 11 is 0. The van der Waals surface area contributed by atoms with Crippen LogP contribution in [0.15, 0.2) is 24.8 Å². The molecule has 1 saturated carbocycles. The molecule has 1 fully saturated rings. The summed E-state index contributed by atoms with van der Waals surface area (Å²) in [5.74, 6) is 0.226. The maximum absolute atomic E-state index is 12.9. The molecule has 0 bridgehead atoms. The minimum atomic E-state index is -0.199. The van der Waals surface area contributed by atoms with E-state index >= 15 is 0 Å². The SMILES string of the molecule is COCCO[C@H]1CC[C@H](NC(=O)c2nc(-c3c[nH]cn3)nc3cc[nH]c23)CC1. The fourth-order valence-electron chi connectivity index (χ4n) is 3.53. The third-order valence-corrected chi connectivity index (χ3v) is 5.00. The van der Waals surface area contributed by atoms with Gasteiger partial charge in [-0.2, -0.15) is 0 Å². The number of H-pyrrole nitrogens is 2. The van der Waals surface area contributed by atoms with E-state index in [4.69, 9.17) is 9.47 Å². The number of imidazole rings is 1. The zero-order valence-electron chi connectivity index (χ0n) is 15.8. The number of nitrogens with zero attached hydrogens (tertiary/aromatic N) is 3. The van der Waals surface area contributed by atoms with Crippen molar-refractivity contribution in [1.82, 2.24) is 30.2 Å². The van der Waals surface area contributed by atoms with E-state index in [0.717, 1.165) is 25.7 Å². The molecule has 0 radical (unpaired) electrons. The maximum Gasteiger partial charge on any atom is 0.272 e. The number of hydrogen-bond donors (Lipinski definition) is 3. The van der Waals surface area contributed by atoms with E-state index in [1.807, 2.05) is 6.07 Å². The van der Waals surface area contributed by atoms with Crippen LogP contribution in [-0.4, -0.2) is 63.3 Å². The van der Waals surface area contributed by atoms with Gasteiger partial charge < -0.3 is 24.8 Å². The van der Waals surface area contributed by atoms with Crippen LogP contribution in [0.5, 0.6) is 0 Å². The maximum atomic E-state index is 12.9. The highest BCUT2D eigenvalue weighted by Gasteiger charge is 2.25. The molecule has 9 heteroatoms. The normalized spacial score (nSPS) is 19.8. The summed E-state index contributed by atoms with van der Waals surface area (Å²) in [6, 6.07) is 1.94. The molecule has 0 aliphatic heterocycles. The Morgan fingerprint density at radius 2 is 2.11 bits per heavy atom. The van der Waals surface area contributed by atoms with E-state index in [-0.39, 0.29) is 18.1 Å². The number of aromatic amines is 2. The van der Waals surface area contributed by atoms with Crippen LogP contribution in [0.2, 0.25) is 0 Å². The van der Waals surface area contributed by atoms with Gasteiger partial charge in [0.1, 0.15) is 5.69 Å². The van der Waals surface area contributed by atoms with E-state index in [1.165, 1.54) is 0 Å². The summed E-state index contributed by atoms with van der Waals surface area (Å²) in [7, 11) is 1.67. The van der Waals surface area contributed by atoms with E-state index in [0.29, 0.717) is 41.5 Å². The first-order chi connectivity index (χ1) is 13.7. The minimum Gasteiger partial charge on any atom is -0.382 e. The summed E-state index contributed by atoms with van der Waals surface area (Å²) in [6.07, 6.45) is 8.89. The molecule has 1 aliphatic carbocycles. The van der Waals surface area contributed by atoms with E-state index in [9.17, 15) is 4.79 Å². The smallest absolute Gasteiger partial charge is 0.272 e. The van der Waals surface area contributed by atoms with Gasteiger partial charge in [-0.3, -0.25) is 4.79 Å². The van der Waals surface area contributed by atoms with Gasteiger partial charge >= 0.3 is 0 Å². The monoisotopic (exact) mass is 384 g/mol. The molecule has 3 heterocycles. The van der Waals surface area contributed by atoms with Crippen LogP contribution >= 0.6 is 0 Å². The van der Waals surface area contributed by atoms with Gasteiger partial charge in [0.2, 0.25) is 0 Å². The second-order valence-corrected chi connectivity index (χ2v) is 6.90. The lowest BCUT2D eigenvalue weighted by atomic mass is 9.93. The van der Waals surface area contributed by atoms with Crippen LogP contribution in [0.1, 0.15) is 36.2 Å². The Hall–Kier alpha value is -2.78. The Morgan fingerprint density at radius 1 is 1.25 bits per heavy atom. The molecule has 0 spiro atoms. The number of hydrogen-bond acceptors (Lipinski definition) is 6. The lowest BCUT2D eigenvalue weighted by Crippen LogP contribution is -2.39. The Kier molecular flexibility index (Phi) is 5.63. The van der Waals surface area contributed by atoms with Crippen molar-refractivity contribution in [3.8, 4) is 11.5 Å². The molecule has 9 nitrogen and oxygen atoms in total. The van der Waals surface area contributed by atoms with Crippen LogP contribution in [-0.2, 0) is 9.47 Å². The molecule has 1 amide bonds. The summed E-state index contributed by atoms with van der Waals surface area (Å²) < 4.78 is 10.8. The number of nitrogens with one attached hydrogen (secondary N) is 3. The lowest BCUT2D eigenvalue weighted by Gasteiger charge is -2.29. The first-order valence-electron chi connectivity index (χ1n) is 9.50. The first-order valence-corrected chi connectivity index (χ1v) is 9.50. The standard InChI is InChI=1S/C19H24N6O3/c1-27-8-9-28-13-4-2-12(3-5-13)23-19(26)17-16-14(6-7-21-16)24-18(25-17)15-10-20-11-22-15/h6-7,10-13,21H,2-5,8-9H2,1H3,(H,20,22)(H,23,26)/t12-,13-. The average Bonchev–Trinajstić information content (AvgIpc) is 3.40. The average molecular weight is 384 g/mol. The largest absolute Gasteiger partial charge is 0.382 e. The topological polar surface area (TPSA) is 118 Å². The number of methoxy groups -OCH3 is 1. The van der Waals surface area contributed by atoms with Gasteiger partial charge in [0, 0.05) is 25.5 Å². The molecule has 3 aromatic heterocycles. The second-order valence-electron chi connectivity index (χ2n) is 6.90. The van der Waals surface area contributed by atoms with Crippen LogP contribution in [0.25, 0.3) is 22.6 Å². The molecule has 3 aromatic rings. The molecule has 0 unspecified atom stereocenters. The molecule has 0 aromatic carbocycles. The number of amides is 1. The highest BCUT2D eigenvalue weighted by molar-refractivity contribution is 6.03. The number of carbonyl (C=O) groups excluding carboxylic acids is 1. The zero-order valence-corrected chi connectivity index (χ0v) is 15.8. The van der Waals surface area contributed by atoms with Gasteiger partial charge in [0.25, 0.3) is 5.91 Å². The van der Waals surface area contributed by atoms with Gasteiger partial charge in [0.05, 0.1) is 36.7 Å². The van der Waals surface area contributed by atoms with Crippen molar-refractivity contribution in [3.63, 3.8) is 0 Å². The number of aromatic nitrogens is 5. The highest BCUT2D eigenvalue weighted by Crippen LogP contribution is 2.23. The van der Waals surface area contributed by atoms with E-state index in [2.05, 4.69) is 30.2 Å². The second kappa shape index (κ2) is 8.49. The molecule has 1 aliphatic rings. The molecule has 3 N–H and O–H groups in total. The Labute approximate surface area is 162 Å². The molecule has 4 rings (SSSR count). The Morgan fingerprint density at radius 3 is 2.86 bits per heavy atom. The molecule has 0 saturated heterocycles. The first kappa shape index (κ1) is 18.6. The predicted molar refractivity (Wildman–Crippen MR) is 103 cm³/mol. The third kappa shape index (κ3) is 4.05. The van der Waals surface area contributed by atoms with Gasteiger partial charge in [-0.15, -0.1) is 0 Å². The highest BCUT2D eigenvalue weighted by atomic mass is 16.5. The van der Waals surface area contributed by atoms with Crippen molar-refractivity contribution in [2.75, 3.05) is 20.3 Å². The van der Waals surface area contributed by atoms with Gasteiger partial charge in [-0.1, -0.05) is 0 Å². The molecule has 28 heavy (non-hydrogen) atoms. The van der Waals surface area contributed by atoms with Crippen molar-refractivity contribution < 1.29 is 14.3 Å². The fourth-order valence-corrected chi connectivity index (χ4v) is 3.53. The predicted octanol–water partition coefficient (Wildman–Crippen LogP) is 2.05. The Bertz CT molecular complexity index is 915. The summed E-state index contributed by atoms with van der Waals surface area (Å²) in [4.78, 5) is 32.0. The van der Waals surface area contributed by atoms with Crippen LogP contribution in [0.3, 0.4) is 0 Å². The van der Waals surface area contributed by atoms with Crippen molar-refractivity contribution in [1.29, 1.82) is 0 Å². The summed E-state index contributed by atoms with van der Waals surface area (Å²) in [5.41, 5.74) is 2.26. The summed E-state index contributed by atoms with van der Waals surface area (Å²) in [6.45, 7) is 1.22. The minimum absolute atomic E-state index is 0.114. The van der Waals surface area contributed by atoms with Gasteiger partial charge in [-0.05, 0) is 31.7 Å².